The van der Waals surface area contributed by atoms with E-state index in [0.29, 0.717) is 6.54 Å². The molecule has 0 aromatic carbocycles. The summed E-state index contributed by atoms with van der Waals surface area (Å²) in [7, 11) is 1.93. The number of carbonyl (C=O) groups is 1. The SMILES string of the molecule is CCNC(=NCCN(CC)C1CC1)N(C)CC(=O)N(CC)CC. The van der Waals surface area contributed by atoms with E-state index in [1.54, 1.807) is 0 Å². The van der Waals surface area contributed by atoms with Gasteiger partial charge >= 0.3 is 0 Å². The van der Waals surface area contributed by atoms with E-state index in [2.05, 4.69) is 24.1 Å². The van der Waals surface area contributed by atoms with Crippen LogP contribution in [0.4, 0.5) is 0 Å². The third-order valence-electron chi connectivity index (χ3n) is 4.30. The molecule has 134 valence electrons. The van der Waals surface area contributed by atoms with Crippen molar-refractivity contribution in [2.45, 2.75) is 46.6 Å². The fraction of sp³-hybridized carbons (Fsp3) is 0.882. The number of hydrogen-bond acceptors (Lipinski definition) is 3. The topological polar surface area (TPSA) is 51.2 Å². The summed E-state index contributed by atoms with van der Waals surface area (Å²) in [6.45, 7) is 13.8. The second-order valence-corrected chi connectivity index (χ2v) is 6.02. The molecule has 0 aliphatic heterocycles. The van der Waals surface area contributed by atoms with Crippen LogP contribution in [0.2, 0.25) is 0 Å². The van der Waals surface area contributed by atoms with Gasteiger partial charge in [0.2, 0.25) is 5.91 Å². The first-order valence-corrected chi connectivity index (χ1v) is 9.08. The number of nitrogens with one attached hydrogen (secondary N) is 1. The third-order valence-corrected chi connectivity index (χ3v) is 4.30. The smallest absolute Gasteiger partial charge is 0.242 e. The number of amides is 1. The molecule has 23 heavy (non-hydrogen) atoms. The molecule has 1 aliphatic rings. The van der Waals surface area contributed by atoms with Crippen molar-refractivity contribution in [3.8, 4) is 0 Å². The van der Waals surface area contributed by atoms with Gasteiger partial charge in [0.05, 0.1) is 13.1 Å². The first-order chi connectivity index (χ1) is 11.1. The van der Waals surface area contributed by atoms with Crippen molar-refractivity contribution in [3.63, 3.8) is 0 Å². The Labute approximate surface area is 141 Å². The van der Waals surface area contributed by atoms with Crippen LogP contribution in [0.5, 0.6) is 0 Å². The summed E-state index contributed by atoms with van der Waals surface area (Å²) in [4.78, 5) is 23.2. The lowest BCUT2D eigenvalue weighted by Crippen LogP contribution is -2.46. The number of guanidine groups is 1. The summed E-state index contributed by atoms with van der Waals surface area (Å²) in [6, 6.07) is 0.778. The summed E-state index contributed by atoms with van der Waals surface area (Å²) in [5.74, 6) is 0.969. The van der Waals surface area contributed by atoms with Crippen molar-refractivity contribution < 1.29 is 4.79 Å². The predicted molar refractivity (Wildman–Crippen MR) is 96.8 cm³/mol. The molecule has 1 saturated carbocycles. The first-order valence-electron chi connectivity index (χ1n) is 9.08. The van der Waals surface area contributed by atoms with Gasteiger partial charge in [-0.15, -0.1) is 0 Å². The lowest BCUT2D eigenvalue weighted by molar-refractivity contribution is -0.131. The summed E-state index contributed by atoms with van der Waals surface area (Å²) in [5.41, 5.74) is 0. The van der Waals surface area contributed by atoms with Gasteiger partial charge in [-0.1, -0.05) is 6.92 Å². The number of nitrogens with zero attached hydrogens (tertiary/aromatic N) is 4. The van der Waals surface area contributed by atoms with Crippen molar-refractivity contribution in [2.24, 2.45) is 4.99 Å². The summed E-state index contributed by atoms with van der Waals surface area (Å²) >= 11 is 0. The quantitative estimate of drug-likeness (QED) is 0.485. The molecule has 1 aliphatic carbocycles. The van der Waals surface area contributed by atoms with E-state index in [9.17, 15) is 4.79 Å². The van der Waals surface area contributed by atoms with Crippen molar-refractivity contribution in [3.05, 3.63) is 0 Å². The van der Waals surface area contributed by atoms with Gasteiger partial charge in [-0.3, -0.25) is 14.7 Å². The Hall–Kier alpha value is -1.30. The highest BCUT2D eigenvalue weighted by molar-refractivity contribution is 5.86. The number of likely N-dealkylation sites (N-methyl/N-ethyl adjacent to an activating group) is 3. The fourth-order valence-electron chi connectivity index (χ4n) is 2.75. The molecule has 6 nitrogen and oxygen atoms in total. The molecule has 0 bridgehead atoms. The average molecular weight is 326 g/mol. The van der Waals surface area contributed by atoms with Crippen LogP contribution < -0.4 is 5.32 Å². The van der Waals surface area contributed by atoms with Crippen molar-refractivity contribution in [1.82, 2.24) is 20.0 Å². The lowest BCUT2D eigenvalue weighted by Gasteiger charge is -2.26. The van der Waals surface area contributed by atoms with Crippen LogP contribution in [0, 0.1) is 0 Å². The fourth-order valence-corrected chi connectivity index (χ4v) is 2.75. The van der Waals surface area contributed by atoms with Crippen LogP contribution in [-0.4, -0.2) is 85.5 Å². The molecule has 0 spiro atoms. The Morgan fingerprint density at radius 2 is 1.78 bits per heavy atom. The molecule has 0 atom stereocenters. The minimum absolute atomic E-state index is 0.149. The van der Waals surface area contributed by atoms with Gasteiger partial charge in [-0.05, 0) is 40.2 Å². The van der Waals surface area contributed by atoms with Gasteiger partial charge in [-0.25, -0.2) is 0 Å². The Bertz CT molecular complexity index is 377. The second-order valence-electron chi connectivity index (χ2n) is 6.02. The maximum absolute atomic E-state index is 12.2. The largest absolute Gasteiger partial charge is 0.357 e. The molecule has 6 heteroatoms. The molecule has 0 aromatic rings. The van der Waals surface area contributed by atoms with Crippen molar-refractivity contribution >= 4 is 11.9 Å². The Balaban J connectivity index is 2.53. The highest BCUT2D eigenvalue weighted by Gasteiger charge is 2.27. The van der Waals surface area contributed by atoms with E-state index in [0.717, 1.165) is 51.3 Å². The van der Waals surface area contributed by atoms with E-state index in [4.69, 9.17) is 4.99 Å². The molecule has 1 fully saturated rings. The van der Waals surface area contributed by atoms with Gasteiger partial charge in [0.25, 0.3) is 0 Å². The zero-order chi connectivity index (χ0) is 17.2. The molecule has 0 heterocycles. The van der Waals surface area contributed by atoms with E-state index < -0.39 is 0 Å². The lowest BCUT2D eigenvalue weighted by atomic mass is 10.4. The highest BCUT2D eigenvalue weighted by Crippen LogP contribution is 2.25. The zero-order valence-electron chi connectivity index (χ0n) is 15.6. The number of hydrogen-bond donors (Lipinski definition) is 1. The molecule has 0 saturated heterocycles. The van der Waals surface area contributed by atoms with Crippen LogP contribution in [-0.2, 0) is 4.79 Å². The van der Waals surface area contributed by atoms with Gasteiger partial charge in [-0.2, -0.15) is 0 Å². The Morgan fingerprint density at radius 3 is 2.26 bits per heavy atom. The number of rotatable bonds is 10. The van der Waals surface area contributed by atoms with Gasteiger partial charge in [0, 0.05) is 39.3 Å². The first kappa shape index (κ1) is 19.7. The Kier molecular flexibility index (Phi) is 8.99. The molecule has 0 unspecified atom stereocenters. The minimum atomic E-state index is 0.149. The van der Waals surface area contributed by atoms with Crippen molar-refractivity contribution in [1.29, 1.82) is 0 Å². The molecule has 1 rings (SSSR count). The van der Waals surface area contributed by atoms with Crippen molar-refractivity contribution in [2.75, 3.05) is 52.9 Å². The molecule has 0 aromatic heterocycles. The maximum atomic E-state index is 12.2. The molecular weight excluding hydrogens is 290 g/mol. The normalized spacial score (nSPS) is 15.0. The Morgan fingerprint density at radius 1 is 1.13 bits per heavy atom. The number of carbonyl (C=O) groups excluding carboxylic acids is 1. The molecule has 1 amide bonds. The van der Waals surface area contributed by atoms with Crippen LogP contribution in [0.1, 0.15) is 40.5 Å². The summed E-state index contributed by atoms with van der Waals surface area (Å²) < 4.78 is 0. The van der Waals surface area contributed by atoms with Crippen LogP contribution in [0.3, 0.4) is 0 Å². The van der Waals surface area contributed by atoms with Gasteiger partial charge < -0.3 is 15.1 Å². The average Bonchev–Trinajstić information content (AvgIpc) is 3.36. The van der Waals surface area contributed by atoms with E-state index in [-0.39, 0.29) is 5.91 Å². The number of aliphatic imine (C=N–C) groups is 1. The molecule has 1 N–H and O–H groups in total. The highest BCUT2D eigenvalue weighted by atomic mass is 16.2. The zero-order valence-corrected chi connectivity index (χ0v) is 15.6. The second kappa shape index (κ2) is 10.5. The maximum Gasteiger partial charge on any atom is 0.242 e. The van der Waals surface area contributed by atoms with Crippen LogP contribution in [0.25, 0.3) is 0 Å². The van der Waals surface area contributed by atoms with Gasteiger partial charge in [0.15, 0.2) is 5.96 Å². The van der Waals surface area contributed by atoms with Crippen LogP contribution in [0.15, 0.2) is 4.99 Å². The third kappa shape index (κ3) is 6.77. The summed E-state index contributed by atoms with van der Waals surface area (Å²) in [5, 5.41) is 3.29. The van der Waals surface area contributed by atoms with E-state index >= 15 is 0 Å². The molecular formula is C17H35N5O. The minimum Gasteiger partial charge on any atom is -0.357 e. The molecule has 0 radical (unpaired) electrons. The summed E-state index contributed by atoms with van der Waals surface area (Å²) in [6.07, 6.45) is 2.66. The van der Waals surface area contributed by atoms with E-state index in [1.165, 1.54) is 12.8 Å². The monoisotopic (exact) mass is 325 g/mol. The predicted octanol–water partition coefficient (Wildman–Crippen LogP) is 1.24. The standard InChI is InChI=1S/C17H35N5O/c1-6-18-17(19-12-13-22(9-4)15-10-11-15)20(5)14-16(23)21(7-2)8-3/h15H,6-14H2,1-5H3,(H,18,19). The van der Waals surface area contributed by atoms with E-state index in [1.807, 2.05) is 30.7 Å². The van der Waals surface area contributed by atoms with Gasteiger partial charge in [0.1, 0.15) is 0 Å². The van der Waals surface area contributed by atoms with Crippen LogP contribution >= 0.6 is 0 Å².